The van der Waals surface area contributed by atoms with Gasteiger partial charge in [0.05, 0.1) is 18.3 Å². The highest BCUT2D eigenvalue weighted by molar-refractivity contribution is 5.65. The summed E-state index contributed by atoms with van der Waals surface area (Å²) in [5.74, 6) is 1.54. The van der Waals surface area contributed by atoms with Crippen molar-refractivity contribution < 1.29 is 24.5 Å². The van der Waals surface area contributed by atoms with E-state index in [4.69, 9.17) is 9.47 Å². The Morgan fingerprint density at radius 3 is 2.31 bits per heavy atom. The second kappa shape index (κ2) is 7.05. The van der Waals surface area contributed by atoms with Gasteiger partial charge < -0.3 is 19.7 Å². The van der Waals surface area contributed by atoms with Crippen LogP contribution < -0.4 is 0 Å². The lowest BCUT2D eigenvalue weighted by Crippen LogP contribution is -2.59. The molecule has 6 rings (SSSR count). The highest BCUT2D eigenvalue weighted by atomic mass is 16.6. The number of hydrogen-bond acceptors (Lipinski definition) is 5. The summed E-state index contributed by atoms with van der Waals surface area (Å²) in [5, 5.41) is 23.1. The summed E-state index contributed by atoms with van der Waals surface area (Å²) in [4.78, 5) is 11.5. The van der Waals surface area contributed by atoms with Crippen molar-refractivity contribution in [1.82, 2.24) is 0 Å². The van der Waals surface area contributed by atoms with Gasteiger partial charge in [-0.05, 0) is 104 Å². The van der Waals surface area contributed by atoms with Crippen LogP contribution in [0.25, 0.3) is 0 Å². The lowest BCUT2D eigenvalue weighted by atomic mass is 9.41. The SMILES string of the molecule is CC(=O)OCC1(C)C[C@@H](C)[C@H]2C(O1)[C@H](O)[C@@]1(C)C3CC[C@H]4C(C)(C)C(O)CCC45CC35CCC21C. The molecule has 0 bridgehead atoms. The molecule has 35 heavy (non-hydrogen) atoms. The average Bonchev–Trinajstić information content (AvgIpc) is 3.40. The molecule has 5 heteroatoms. The van der Waals surface area contributed by atoms with Crippen molar-refractivity contribution in [3.05, 3.63) is 0 Å². The molecule has 2 N–H and O–H groups in total. The third-order valence-corrected chi connectivity index (χ3v) is 13.6. The third-order valence-electron chi connectivity index (χ3n) is 13.6. The molecule has 1 aliphatic heterocycles. The minimum atomic E-state index is -0.548. The Kier molecular flexibility index (Phi) is 4.97. The van der Waals surface area contributed by atoms with Gasteiger partial charge >= 0.3 is 5.97 Å². The van der Waals surface area contributed by atoms with Crippen molar-refractivity contribution in [2.45, 2.75) is 124 Å². The first-order chi connectivity index (χ1) is 16.2. The molecule has 0 amide bonds. The number of carbonyl (C=O) groups is 1. The van der Waals surface area contributed by atoms with E-state index in [2.05, 4.69) is 41.5 Å². The van der Waals surface area contributed by atoms with E-state index in [0.29, 0.717) is 34.5 Å². The molecule has 6 aliphatic rings. The van der Waals surface area contributed by atoms with Gasteiger partial charge in [0.15, 0.2) is 0 Å². The number of rotatable bonds is 2. The number of carbonyl (C=O) groups excluding carboxylic acids is 1. The first-order valence-electron chi connectivity index (χ1n) is 14.4. The Morgan fingerprint density at radius 2 is 1.63 bits per heavy atom. The van der Waals surface area contributed by atoms with E-state index in [-0.39, 0.29) is 41.0 Å². The van der Waals surface area contributed by atoms with Crippen molar-refractivity contribution in [2.75, 3.05) is 6.61 Å². The maximum atomic E-state index is 12.2. The standard InChI is InChI=1S/C30H48O5/c1-17-14-26(5,16-34-18(2)31)35-23-22(17)27(6)12-13-30-15-29(30)11-10-21(32)25(3,4)19(29)8-9-20(30)28(27,7)24(23)33/h17,19-24,32-33H,8-16H2,1-7H3/t17-,19+,20?,21?,22+,23?,24+,26?,27?,28-,29?,30?/m1/s1. The van der Waals surface area contributed by atoms with Crippen LogP contribution in [0.5, 0.6) is 0 Å². The highest BCUT2D eigenvalue weighted by Gasteiger charge is 2.84. The van der Waals surface area contributed by atoms with Crippen LogP contribution in [0.1, 0.15) is 99.8 Å². The molecule has 5 nitrogen and oxygen atoms in total. The molecule has 2 spiro atoms. The number of hydrogen-bond donors (Lipinski definition) is 2. The van der Waals surface area contributed by atoms with Gasteiger partial charge in [-0.3, -0.25) is 4.79 Å². The first-order valence-corrected chi connectivity index (χ1v) is 14.4. The Morgan fingerprint density at radius 1 is 0.971 bits per heavy atom. The molecule has 0 radical (unpaired) electrons. The molecular formula is C30H48O5. The fraction of sp³-hybridized carbons (Fsp3) is 0.967. The second-order valence-electron chi connectivity index (χ2n) is 15.2. The van der Waals surface area contributed by atoms with Crippen LogP contribution in [0.3, 0.4) is 0 Å². The van der Waals surface area contributed by atoms with E-state index in [9.17, 15) is 15.0 Å². The van der Waals surface area contributed by atoms with E-state index in [1.807, 2.05) is 0 Å². The van der Waals surface area contributed by atoms with Gasteiger partial charge in [0, 0.05) is 12.3 Å². The van der Waals surface area contributed by atoms with E-state index in [1.165, 1.54) is 26.2 Å². The number of aliphatic hydroxyl groups is 2. The maximum absolute atomic E-state index is 12.2. The number of ether oxygens (including phenoxy) is 2. The van der Waals surface area contributed by atoms with Gasteiger partial charge in [-0.25, -0.2) is 0 Å². The number of fused-ring (bicyclic) bond motifs is 4. The summed E-state index contributed by atoms with van der Waals surface area (Å²) in [7, 11) is 0. The molecule has 0 aromatic rings. The van der Waals surface area contributed by atoms with Gasteiger partial charge in [0.25, 0.3) is 0 Å². The summed E-state index contributed by atoms with van der Waals surface area (Å²) >= 11 is 0. The maximum Gasteiger partial charge on any atom is 0.302 e. The van der Waals surface area contributed by atoms with E-state index >= 15 is 0 Å². The third kappa shape index (κ3) is 2.74. The van der Waals surface area contributed by atoms with Crippen molar-refractivity contribution >= 4 is 5.97 Å². The molecule has 5 aliphatic carbocycles. The molecule has 12 atom stereocenters. The largest absolute Gasteiger partial charge is 0.463 e. The van der Waals surface area contributed by atoms with E-state index < -0.39 is 11.7 Å². The van der Waals surface area contributed by atoms with Crippen LogP contribution in [-0.4, -0.2) is 46.7 Å². The quantitative estimate of drug-likeness (QED) is 0.528. The molecule has 0 aromatic carbocycles. The normalized spacial score (nSPS) is 59.9. The zero-order chi connectivity index (χ0) is 25.4. The van der Waals surface area contributed by atoms with Crippen LogP contribution in [0, 0.1) is 50.7 Å². The minimum Gasteiger partial charge on any atom is -0.463 e. The fourth-order valence-electron chi connectivity index (χ4n) is 12.1. The number of aliphatic hydroxyl groups excluding tert-OH is 2. The second-order valence-corrected chi connectivity index (χ2v) is 15.2. The smallest absolute Gasteiger partial charge is 0.302 e. The van der Waals surface area contributed by atoms with Crippen molar-refractivity contribution in [2.24, 2.45) is 50.7 Å². The highest BCUT2D eigenvalue weighted by Crippen LogP contribution is 2.89. The molecule has 7 unspecified atom stereocenters. The lowest BCUT2D eigenvalue weighted by molar-refractivity contribution is -0.209. The summed E-state index contributed by atoms with van der Waals surface area (Å²) in [6.07, 6.45) is 8.07. The van der Waals surface area contributed by atoms with Crippen LogP contribution >= 0.6 is 0 Å². The predicted octanol–water partition coefficient (Wildman–Crippen LogP) is 5.11. The Bertz CT molecular complexity index is 932. The number of esters is 1. The summed E-state index contributed by atoms with van der Waals surface area (Å²) in [5.41, 5.74) is -0.0429. The van der Waals surface area contributed by atoms with Gasteiger partial charge in [-0.2, -0.15) is 0 Å². The lowest BCUT2D eigenvalue weighted by Gasteiger charge is -2.63. The minimum absolute atomic E-state index is 0.0210. The predicted molar refractivity (Wildman–Crippen MR) is 133 cm³/mol. The summed E-state index contributed by atoms with van der Waals surface area (Å²) in [6.45, 7) is 15.6. The van der Waals surface area contributed by atoms with E-state index in [1.54, 1.807) is 0 Å². The molecule has 5 saturated carbocycles. The van der Waals surface area contributed by atoms with Crippen molar-refractivity contribution in [1.29, 1.82) is 0 Å². The van der Waals surface area contributed by atoms with Gasteiger partial charge in [-0.15, -0.1) is 0 Å². The van der Waals surface area contributed by atoms with Gasteiger partial charge in [0.2, 0.25) is 0 Å². The Labute approximate surface area is 211 Å². The first kappa shape index (κ1) is 24.7. The molecule has 198 valence electrons. The van der Waals surface area contributed by atoms with Gasteiger partial charge in [-0.1, -0.05) is 34.6 Å². The zero-order valence-corrected chi connectivity index (χ0v) is 23.0. The van der Waals surface area contributed by atoms with Crippen molar-refractivity contribution in [3.63, 3.8) is 0 Å². The van der Waals surface area contributed by atoms with Crippen LogP contribution in [-0.2, 0) is 14.3 Å². The monoisotopic (exact) mass is 488 g/mol. The topological polar surface area (TPSA) is 76.0 Å². The molecule has 1 saturated heterocycles. The molecule has 0 aromatic heterocycles. The van der Waals surface area contributed by atoms with Crippen LogP contribution in [0.4, 0.5) is 0 Å². The van der Waals surface area contributed by atoms with Crippen LogP contribution in [0.2, 0.25) is 0 Å². The zero-order valence-electron chi connectivity index (χ0n) is 23.0. The molecule has 6 fully saturated rings. The average molecular weight is 489 g/mol. The van der Waals surface area contributed by atoms with Crippen molar-refractivity contribution in [3.8, 4) is 0 Å². The Hall–Kier alpha value is -0.650. The summed E-state index contributed by atoms with van der Waals surface area (Å²) < 4.78 is 12.2. The fourth-order valence-corrected chi connectivity index (χ4v) is 12.1. The molecule has 1 heterocycles. The molecular weight excluding hydrogens is 440 g/mol. The van der Waals surface area contributed by atoms with Gasteiger partial charge in [0.1, 0.15) is 12.2 Å². The summed E-state index contributed by atoms with van der Waals surface area (Å²) in [6, 6.07) is 0. The Balaban J connectivity index is 1.36. The van der Waals surface area contributed by atoms with Crippen LogP contribution in [0.15, 0.2) is 0 Å². The van der Waals surface area contributed by atoms with E-state index in [0.717, 1.165) is 32.1 Å².